The molecule has 1 heterocycles. The molecule has 15 heavy (non-hydrogen) atoms. The largest absolute Gasteiger partial charge is 0.314 e. The molecule has 1 rings (SSSR count). The van der Waals surface area contributed by atoms with Gasteiger partial charge in [-0.3, -0.25) is 0 Å². The van der Waals surface area contributed by atoms with E-state index in [2.05, 4.69) is 36.7 Å². The maximum atomic E-state index is 3.59. The van der Waals surface area contributed by atoms with Crippen LogP contribution in [0.15, 0.2) is 17.5 Å². The molecule has 86 valence electrons. The van der Waals surface area contributed by atoms with Crippen molar-refractivity contribution in [3.05, 3.63) is 22.4 Å². The van der Waals surface area contributed by atoms with Gasteiger partial charge in [-0.1, -0.05) is 32.3 Å². The zero-order valence-corrected chi connectivity index (χ0v) is 10.8. The van der Waals surface area contributed by atoms with Gasteiger partial charge in [0, 0.05) is 17.5 Å². The van der Waals surface area contributed by atoms with Crippen molar-refractivity contribution in [2.45, 2.75) is 52.0 Å². The molecule has 0 bridgehead atoms. The van der Waals surface area contributed by atoms with Crippen molar-refractivity contribution in [3.63, 3.8) is 0 Å². The van der Waals surface area contributed by atoms with Crippen molar-refractivity contribution in [3.8, 4) is 0 Å². The fourth-order valence-corrected chi connectivity index (χ4v) is 2.41. The van der Waals surface area contributed by atoms with Crippen LogP contribution in [0.1, 0.15) is 44.4 Å². The van der Waals surface area contributed by atoms with E-state index in [9.17, 15) is 0 Å². The molecule has 0 fully saturated rings. The van der Waals surface area contributed by atoms with Gasteiger partial charge in [-0.15, -0.1) is 11.3 Å². The summed E-state index contributed by atoms with van der Waals surface area (Å²) in [5, 5.41) is 5.74. The smallest absolute Gasteiger partial charge is 0.00578 e. The number of hydrogen-bond acceptors (Lipinski definition) is 2. The van der Waals surface area contributed by atoms with Crippen LogP contribution in [0, 0.1) is 0 Å². The van der Waals surface area contributed by atoms with Crippen LogP contribution in [0.3, 0.4) is 0 Å². The van der Waals surface area contributed by atoms with E-state index >= 15 is 0 Å². The Hall–Kier alpha value is -0.340. The normalized spacial score (nSPS) is 12.9. The predicted octanol–water partition coefficient (Wildman–Crippen LogP) is 3.85. The third kappa shape index (κ3) is 5.95. The third-order valence-electron chi connectivity index (χ3n) is 2.68. The van der Waals surface area contributed by atoms with Gasteiger partial charge in [-0.05, 0) is 31.2 Å². The van der Waals surface area contributed by atoms with Gasteiger partial charge in [0.2, 0.25) is 0 Å². The number of unbranched alkanes of at least 4 members (excludes halogenated alkanes) is 2. The van der Waals surface area contributed by atoms with Crippen molar-refractivity contribution in [1.29, 1.82) is 0 Å². The molecule has 1 N–H and O–H groups in total. The Morgan fingerprint density at radius 1 is 1.40 bits per heavy atom. The Morgan fingerprint density at radius 2 is 2.27 bits per heavy atom. The zero-order chi connectivity index (χ0) is 10.9. The van der Waals surface area contributed by atoms with Crippen LogP contribution in [0.25, 0.3) is 0 Å². The van der Waals surface area contributed by atoms with Gasteiger partial charge in [-0.2, -0.15) is 0 Å². The fraction of sp³-hybridized carbons (Fsp3) is 0.692. The quantitative estimate of drug-likeness (QED) is 0.663. The van der Waals surface area contributed by atoms with Crippen molar-refractivity contribution in [2.75, 3.05) is 6.54 Å². The highest BCUT2D eigenvalue weighted by molar-refractivity contribution is 7.09. The monoisotopic (exact) mass is 225 g/mol. The molecule has 1 nitrogen and oxygen atoms in total. The molecule has 0 aromatic carbocycles. The number of nitrogens with one attached hydrogen (secondary N) is 1. The van der Waals surface area contributed by atoms with E-state index in [4.69, 9.17) is 0 Å². The molecule has 0 spiro atoms. The highest BCUT2D eigenvalue weighted by Crippen LogP contribution is 2.08. The third-order valence-corrected chi connectivity index (χ3v) is 3.62. The first-order chi connectivity index (χ1) is 7.33. The van der Waals surface area contributed by atoms with E-state index in [0.717, 1.165) is 6.54 Å². The molecule has 1 atom stereocenters. The van der Waals surface area contributed by atoms with Gasteiger partial charge >= 0.3 is 0 Å². The summed E-state index contributed by atoms with van der Waals surface area (Å²) in [5.41, 5.74) is 0. The topological polar surface area (TPSA) is 12.0 Å². The van der Waals surface area contributed by atoms with Crippen LogP contribution in [0.4, 0.5) is 0 Å². The van der Waals surface area contributed by atoms with E-state index in [1.807, 2.05) is 11.3 Å². The number of thiophene rings is 1. The van der Waals surface area contributed by atoms with Gasteiger partial charge in [0.1, 0.15) is 0 Å². The van der Waals surface area contributed by atoms with Crippen molar-refractivity contribution in [2.24, 2.45) is 0 Å². The summed E-state index contributed by atoms with van der Waals surface area (Å²) < 4.78 is 0. The summed E-state index contributed by atoms with van der Waals surface area (Å²) in [4.78, 5) is 1.49. The van der Waals surface area contributed by atoms with Crippen LogP contribution >= 0.6 is 11.3 Å². The standard InChI is InChI=1S/C13H23NS/c1-3-4-5-7-12(2)14-10-9-13-8-6-11-15-13/h6,8,11-12,14H,3-5,7,9-10H2,1-2H3/t12-/m0/s1. The van der Waals surface area contributed by atoms with Crippen molar-refractivity contribution < 1.29 is 0 Å². The van der Waals surface area contributed by atoms with E-state index in [1.54, 1.807) is 0 Å². The maximum Gasteiger partial charge on any atom is 0.00578 e. The van der Waals surface area contributed by atoms with Gasteiger partial charge < -0.3 is 5.32 Å². The molecule has 1 aromatic rings. The minimum Gasteiger partial charge on any atom is -0.314 e. The van der Waals surface area contributed by atoms with Gasteiger partial charge in [0.05, 0.1) is 0 Å². The summed E-state index contributed by atoms with van der Waals surface area (Å²) >= 11 is 1.86. The molecule has 0 amide bonds. The minimum absolute atomic E-state index is 0.677. The maximum absolute atomic E-state index is 3.59. The predicted molar refractivity (Wildman–Crippen MR) is 69.6 cm³/mol. The second-order valence-electron chi connectivity index (χ2n) is 4.18. The lowest BCUT2D eigenvalue weighted by Gasteiger charge is -2.12. The molecule has 0 unspecified atom stereocenters. The van der Waals surface area contributed by atoms with E-state index < -0.39 is 0 Å². The van der Waals surface area contributed by atoms with Gasteiger partial charge in [-0.25, -0.2) is 0 Å². The molecule has 0 aliphatic carbocycles. The lowest BCUT2D eigenvalue weighted by atomic mass is 10.1. The van der Waals surface area contributed by atoms with Crippen LogP contribution in [-0.4, -0.2) is 12.6 Å². The second kappa shape index (κ2) is 7.89. The molecule has 1 aromatic heterocycles. The van der Waals surface area contributed by atoms with E-state index in [0.29, 0.717) is 6.04 Å². The number of hydrogen-bond donors (Lipinski definition) is 1. The highest BCUT2D eigenvalue weighted by atomic mass is 32.1. The van der Waals surface area contributed by atoms with Crippen LogP contribution in [0.5, 0.6) is 0 Å². The van der Waals surface area contributed by atoms with Crippen molar-refractivity contribution >= 4 is 11.3 Å². The Labute approximate surface area is 97.9 Å². The first kappa shape index (κ1) is 12.7. The Balaban J connectivity index is 1.99. The Bertz CT molecular complexity index is 231. The summed E-state index contributed by atoms with van der Waals surface area (Å²) in [6, 6.07) is 5.02. The SMILES string of the molecule is CCCCC[C@H](C)NCCc1cccs1. The first-order valence-electron chi connectivity index (χ1n) is 6.08. The van der Waals surface area contributed by atoms with Gasteiger partial charge in [0.15, 0.2) is 0 Å². The van der Waals surface area contributed by atoms with E-state index in [-0.39, 0.29) is 0 Å². The zero-order valence-electron chi connectivity index (χ0n) is 9.96. The van der Waals surface area contributed by atoms with Crippen molar-refractivity contribution in [1.82, 2.24) is 5.32 Å². The highest BCUT2D eigenvalue weighted by Gasteiger charge is 2.00. The lowest BCUT2D eigenvalue weighted by Crippen LogP contribution is -2.27. The second-order valence-corrected chi connectivity index (χ2v) is 5.21. The summed E-state index contributed by atoms with van der Waals surface area (Å²) in [5.74, 6) is 0. The van der Waals surface area contributed by atoms with Crippen LogP contribution in [0.2, 0.25) is 0 Å². The van der Waals surface area contributed by atoms with Crippen LogP contribution < -0.4 is 5.32 Å². The van der Waals surface area contributed by atoms with E-state index in [1.165, 1.54) is 37.0 Å². The summed E-state index contributed by atoms with van der Waals surface area (Å²) in [6.07, 6.45) is 6.55. The minimum atomic E-state index is 0.677. The average molecular weight is 225 g/mol. The molecule has 2 heteroatoms. The van der Waals surface area contributed by atoms with Crippen LogP contribution in [-0.2, 0) is 6.42 Å². The summed E-state index contributed by atoms with van der Waals surface area (Å²) in [6.45, 7) is 5.67. The lowest BCUT2D eigenvalue weighted by molar-refractivity contribution is 0.491. The Morgan fingerprint density at radius 3 is 2.93 bits per heavy atom. The molecular formula is C13H23NS. The summed E-state index contributed by atoms with van der Waals surface area (Å²) in [7, 11) is 0. The molecule has 0 saturated carbocycles. The first-order valence-corrected chi connectivity index (χ1v) is 6.96. The average Bonchev–Trinajstić information content (AvgIpc) is 2.71. The molecule has 0 radical (unpaired) electrons. The molecule has 0 saturated heterocycles. The number of rotatable bonds is 8. The molecule has 0 aliphatic heterocycles. The Kier molecular flexibility index (Phi) is 6.69. The molecule has 0 aliphatic rings. The van der Waals surface area contributed by atoms with Gasteiger partial charge in [0.25, 0.3) is 0 Å². The fourth-order valence-electron chi connectivity index (χ4n) is 1.70. The molecular weight excluding hydrogens is 202 g/mol.